The minimum Gasteiger partial charge on any atom is -0.294 e. The summed E-state index contributed by atoms with van der Waals surface area (Å²) in [5.74, 6) is 0. The molecule has 0 saturated heterocycles. The number of halogens is 3. The summed E-state index contributed by atoms with van der Waals surface area (Å²) in [7, 11) is 0. The number of rotatable bonds is 1. The first-order valence-electron chi connectivity index (χ1n) is 4.84. The molecule has 1 aliphatic rings. The predicted octanol–water partition coefficient (Wildman–Crippen LogP) is 3.27. The monoisotopic (exact) mass is 271 g/mol. The fourth-order valence-electron chi connectivity index (χ4n) is 1.71. The topological polar surface area (TPSA) is 18.8 Å². The molecule has 0 amide bonds. The molecule has 0 saturated carbocycles. The third-order valence-electron chi connectivity index (χ3n) is 2.26. The van der Waals surface area contributed by atoms with E-state index in [0.29, 0.717) is 0 Å². The van der Waals surface area contributed by atoms with Gasteiger partial charge in [0.05, 0.1) is 0 Å². The second kappa shape index (κ2) is 4.19. The van der Waals surface area contributed by atoms with E-state index in [9.17, 15) is 0 Å². The Bertz CT molecular complexity index is 254. The molecule has 0 N–H and O–H groups in total. The first kappa shape index (κ1) is 13.2. The Morgan fingerprint density at radius 3 is 2.13 bits per heavy atom. The molecule has 1 heterocycles. The van der Waals surface area contributed by atoms with Crippen LogP contribution < -0.4 is 0 Å². The molecule has 6 heteroatoms. The zero-order chi connectivity index (χ0) is 11.9. The van der Waals surface area contributed by atoms with Crippen LogP contribution in [0.2, 0.25) is 0 Å². The van der Waals surface area contributed by atoms with Crippen molar-refractivity contribution in [1.82, 2.24) is 9.91 Å². The third-order valence-corrected chi connectivity index (χ3v) is 2.85. The van der Waals surface area contributed by atoms with Crippen LogP contribution >= 0.6 is 34.8 Å². The van der Waals surface area contributed by atoms with Gasteiger partial charge in [-0.25, -0.2) is 0 Å². The van der Waals surface area contributed by atoms with Crippen molar-refractivity contribution in [1.29, 1.82) is 0 Å². The summed E-state index contributed by atoms with van der Waals surface area (Å²) in [6.45, 7) is 9.10. The normalized spacial score (nSPS) is 22.7. The fourth-order valence-corrected chi connectivity index (χ4v) is 2.12. The van der Waals surface area contributed by atoms with Crippen LogP contribution in [-0.4, -0.2) is 32.9 Å². The van der Waals surface area contributed by atoms with E-state index in [-0.39, 0.29) is 11.6 Å². The van der Waals surface area contributed by atoms with Crippen molar-refractivity contribution >= 4 is 41.1 Å². The zero-order valence-electron chi connectivity index (χ0n) is 9.34. The van der Waals surface area contributed by atoms with Gasteiger partial charge in [0.25, 0.3) is 3.92 Å². The van der Waals surface area contributed by atoms with Crippen LogP contribution in [0.1, 0.15) is 27.7 Å². The first-order chi connectivity index (χ1) is 6.68. The lowest BCUT2D eigenvalue weighted by atomic mass is 9.91. The highest BCUT2D eigenvalue weighted by molar-refractivity contribution is 6.67. The van der Waals surface area contributed by atoms with Crippen LogP contribution in [0.4, 0.5) is 0 Å². The van der Waals surface area contributed by atoms with E-state index in [0.717, 1.165) is 6.54 Å². The minimum atomic E-state index is -1.45. The fraction of sp³-hybridized carbons (Fsp3) is 0.889. The highest BCUT2D eigenvalue weighted by atomic mass is 35.6. The molecule has 1 unspecified atom stereocenters. The van der Waals surface area contributed by atoms with Gasteiger partial charge >= 0.3 is 0 Å². The molecule has 0 aromatic carbocycles. The molecule has 0 fully saturated rings. The Hall–Kier alpha value is 0.140. The predicted molar refractivity (Wildman–Crippen MR) is 66.2 cm³/mol. The molecule has 0 radical (unpaired) electrons. The van der Waals surface area contributed by atoms with Gasteiger partial charge in [-0.1, -0.05) is 55.6 Å². The van der Waals surface area contributed by atoms with Crippen LogP contribution in [0.15, 0.2) is 5.10 Å². The number of nitrogens with zero attached hydrogens (tertiary/aromatic N) is 3. The van der Waals surface area contributed by atoms with Gasteiger partial charge in [-0.3, -0.25) is 9.91 Å². The third kappa shape index (κ3) is 2.83. The number of hydrazone groups is 1. The average Bonchev–Trinajstić information content (AvgIpc) is 2.44. The lowest BCUT2D eigenvalue weighted by molar-refractivity contribution is 0.0387. The molecule has 1 atom stereocenters. The van der Waals surface area contributed by atoms with Gasteiger partial charge in [0.1, 0.15) is 12.5 Å². The summed E-state index contributed by atoms with van der Waals surface area (Å²) in [6.07, 6.45) is 1.56. The second-order valence-corrected chi connectivity index (χ2v) is 6.82. The minimum absolute atomic E-state index is 0.0324. The maximum Gasteiger partial charge on any atom is 0.270 e. The quantitative estimate of drug-likeness (QED) is 0.539. The smallest absolute Gasteiger partial charge is 0.270 e. The lowest BCUT2D eigenvalue weighted by Crippen LogP contribution is -2.52. The molecule has 1 aliphatic heterocycles. The molecule has 15 heavy (non-hydrogen) atoms. The van der Waals surface area contributed by atoms with Crippen molar-refractivity contribution in [3.8, 4) is 0 Å². The molecule has 0 aliphatic carbocycles. The maximum atomic E-state index is 5.90. The van der Waals surface area contributed by atoms with Crippen LogP contribution in [-0.2, 0) is 0 Å². The van der Waals surface area contributed by atoms with E-state index in [2.05, 4.69) is 25.9 Å². The van der Waals surface area contributed by atoms with Crippen molar-refractivity contribution in [2.45, 2.75) is 37.8 Å². The summed E-state index contributed by atoms with van der Waals surface area (Å²) in [6, 6.07) is 0. The molecule has 0 aromatic heterocycles. The van der Waals surface area contributed by atoms with E-state index in [1.807, 2.05) is 11.9 Å². The van der Waals surface area contributed by atoms with Gasteiger partial charge in [-0.2, -0.15) is 5.10 Å². The number of hydrogen-bond donors (Lipinski definition) is 0. The SMILES string of the molecule is CCN1N=CN(C(Cl)(Cl)Cl)C1C(C)(C)C. The Balaban J connectivity index is 2.96. The molecule has 1 rings (SSSR count). The first-order valence-corrected chi connectivity index (χ1v) is 5.97. The van der Waals surface area contributed by atoms with Crippen LogP contribution in [0.5, 0.6) is 0 Å². The molecule has 0 spiro atoms. The van der Waals surface area contributed by atoms with Gasteiger partial charge in [-0.15, -0.1) is 0 Å². The average molecular weight is 273 g/mol. The van der Waals surface area contributed by atoms with Crippen LogP contribution in [0, 0.1) is 5.41 Å². The summed E-state index contributed by atoms with van der Waals surface area (Å²) >= 11 is 17.7. The van der Waals surface area contributed by atoms with Gasteiger partial charge in [0, 0.05) is 12.0 Å². The molecule has 0 bridgehead atoms. The summed E-state index contributed by atoms with van der Waals surface area (Å²) in [5.41, 5.74) is -0.0452. The standard InChI is InChI=1S/C9H16Cl3N3/c1-5-15-7(8(2,3)4)14(6-13-15)9(10,11)12/h6-7H,5H2,1-4H3. The van der Waals surface area contributed by atoms with Crippen LogP contribution in [0.25, 0.3) is 0 Å². The van der Waals surface area contributed by atoms with E-state index >= 15 is 0 Å². The summed E-state index contributed by atoms with van der Waals surface area (Å²) < 4.78 is -1.45. The summed E-state index contributed by atoms with van der Waals surface area (Å²) in [5, 5.41) is 6.15. The highest BCUT2D eigenvalue weighted by Crippen LogP contribution is 2.40. The Morgan fingerprint density at radius 2 is 1.80 bits per heavy atom. The van der Waals surface area contributed by atoms with Crippen LogP contribution in [0.3, 0.4) is 0 Å². The highest BCUT2D eigenvalue weighted by Gasteiger charge is 2.45. The number of hydrogen-bond acceptors (Lipinski definition) is 3. The number of alkyl halides is 3. The maximum absolute atomic E-state index is 5.90. The van der Waals surface area contributed by atoms with Gasteiger partial charge in [-0.05, 0) is 6.92 Å². The largest absolute Gasteiger partial charge is 0.294 e. The second-order valence-electron chi connectivity index (χ2n) is 4.60. The Labute approximate surface area is 106 Å². The van der Waals surface area contributed by atoms with Gasteiger partial charge in [0.2, 0.25) is 0 Å². The Morgan fingerprint density at radius 1 is 1.27 bits per heavy atom. The molecular weight excluding hydrogens is 256 g/mol. The van der Waals surface area contributed by atoms with Crippen molar-refractivity contribution < 1.29 is 0 Å². The van der Waals surface area contributed by atoms with Crippen molar-refractivity contribution in [3.63, 3.8) is 0 Å². The van der Waals surface area contributed by atoms with E-state index in [1.165, 1.54) is 0 Å². The molecule has 3 nitrogen and oxygen atoms in total. The molecule has 88 valence electrons. The molecule has 0 aromatic rings. The van der Waals surface area contributed by atoms with Gasteiger partial charge < -0.3 is 0 Å². The Kier molecular flexibility index (Phi) is 3.69. The van der Waals surface area contributed by atoms with E-state index in [4.69, 9.17) is 34.8 Å². The van der Waals surface area contributed by atoms with Gasteiger partial charge in [0.15, 0.2) is 0 Å². The van der Waals surface area contributed by atoms with Crippen molar-refractivity contribution in [2.75, 3.05) is 6.54 Å². The van der Waals surface area contributed by atoms with Crippen molar-refractivity contribution in [3.05, 3.63) is 0 Å². The van der Waals surface area contributed by atoms with Crippen molar-refractivity contribution in [2.24, 2.45) is 10.5 Å². The molecular formula is C9H16Cl3N3. The van der Waals surface area contributed by atoms with E-state index in [1.54, 1.807) is 11.2 Å². The van der Waals surface area contributed by atoms with E-state index < -0.39 is 3.92 Å². The summed E-state index contributed by atoms with van der Waals surface area (Å²) in [4.78, 5) is 1.65. The zero-order valence-corrected chi connectivity index (χ0v) is 11.6. The lowest BCUT2D eigenvalue weighted by Gasteiger charge is -2.41.